The molecule has 0 aliphatic heterocycles. The van der Waals surface area contributed by atoms with Crippen LogP contribution in [0.1, 0.15) is 65.3 Å². The van der Waals surface area contributed by atoms with Crippen LogP contribution in [0.5, 0.6) is 0 Å². The van der Waals surface area contributed by atoms with E-state index in [-0.39, 0.29) is 0 Å². The van der Waals surface area contributed by atoms with E-state index in [0.717, 1.165) is 95.6 Å². The maximum absolute atomic E-state index is 9.83. The second-order valence-electron chi connectivity index (χ2n) is 22.7. The first kappa shape index (κ1) is 47.8. The third kappa shape index (κ3) is 6.93. The van der Waals surface area contributed by atoms with Gasteiger partial charge >= 0.3 is 0 Å². The Morgan fingerprint density at radius 1 is 0.464 bits per heavy atom. The first-order chi connectivity index (χ1) is 41.4. The summed E-state index contributed by atoms with van der Waals surface area (Å²) in [7, 11) is 0. The lowest BCUT2D eigenvalue weighted by atomic mass is 9.91. The summed E-state index contributed by atoms with van der Waals surface area (Å²) in [5.41, 5.74) is 23.2. The molecular weight excluding hydrogens is 1020 g/mol. The molecule has 0 N–H and O–H groups in total. The van der Waals surface area contributed by atoms with E-state index in [1.165, 1.54) is 71.1 Å². The third-order valence-corrected chi connectivity index (χ3v) is 18.1. The van der Waals surface area contributed by atoms with Crippen molar-refractivity contribution in [2.24, 2.45) is 4.99 Å². The summed E-state index contributed by atoms with van der Waals surface area (Å²) in [5, 5.41) is 20.7. The SMILES string of the molecule is C=C(N=C(C1=C(C)c2cccc3cccc1c23)c1cc(-n2c3ccccc3c3cc(-n4c5c(c6ccccc64)C(C)CC=C5)ccc32)cc(-n2c3ccccc3c3cc(-n4c5ccccc5c5ccccc54)ccc32)c1)c1ccc(C#N)cc1. The molecule has 6 heteroatoms. The number of rotatable bonds is 8. The number of aromatic nitrogens is 4. The van der Waals surface area contributed by atoms with Crippen molar-refractivity contribution in [2.45, 2.75) is 26.2 Å². The molecule has 0 fully saturated rings. The van der Waals surface area contributed by atoms with Gasteiger partial charge in [-0.05, 0) is 161 Å². The largest absolute Gasteiger partial charge is 0.310 e. The predicted octanol–water partition coefficient (Wildman–Crippen LogP) is 19.9. The van der Waals surface area contributed by atoms with E-state index in [4.69, 9.17) is 4.99 Å². The summed E-state index contributed by atoms with van der Waals surface area (Å²) in [6.07, 6.45) is 5.69. The van der Waals surface area contributed by atoms with Gasteiger partial charge in [0.05, 0.1) is 61.7 Å². The number of benzene rings is 11. The van der Waals surface area contributed by atoms with Crippen LogP contribution in [0.2, 0.25) is 0 Å². The molecule has 4 aromatic heterocycles. The predicted molar refractivity (Wildman–Crippen MR) is 352 cm³/mol. The van der Waals surface area contributed by atoms with Crippen LogP contribution in [0.3, 0.4) is 0 Å². The maximum Gasteiger partial charge on any atom is 0.0991 e. The number of fused-ring (bicyclic) bond motifs is 12. The number of para-hydroxylation sites is 5. The second kappa shape index (κ2) is 18.3. The Labute approximate surface area is 484 Å². The monoisotopic (exact) mass is 1070 g/mol. The summed E-state index contributed by atoms with van der Waals surface area (Å²) < 4.78 is 9.79. The van der Waals surface area contributed by atoms with Crippen LogP contribution < -0.4 is 0 Å². The fourth-order valence-corrected chi connectivity index (χ4v) is 14.4. The molecule has 84 heavy (non-hydrogen) atoms. The fourth-order valence-electron chi connectivity index (χ4n) is 14.4. The zero-order valence-electron chi connectivity index (χ0n) is 46.3. The van der Waals surface area contributed by atoms with Crippen molar-refractivity contribution in [1.82, 2.24) is 18.3 Å². The number of allylic oxidation sites excluding steroid dienone is 3. The Kier molecular flexibility index (Phi) is 10.4. The molecule has 394 valence electrons. The van der Waals surface area contributed by atoms with Crippen LogP contribution in [0.25, 0.3) is 133 Å². The summed E-state index contributed by atoms with van der Waals surface area (Å²) in [6.45, 7) is 9.27. The summed E-state index contributed by atoms with van der Waals surface area (Å²) in [5.74, 6) is 0.417. The first-order valence-corrected chi connectivity index (χ1v) is 28.9. The minimum absolute atomic E-state index is 0.417. The molecule has 1 unspecified atom stereocenters. The number of nitrogens with zero attached hydrogens (tertiary/aromatic N) is 6. The summed E-state index contributed by atoms with van der Waals surface area (Å²) in [6, 6.07) is 88.2. The Morgan fingerprint density at radius 3 is 1.50 bits per heavy atom. The van der Waals surface area contributed by atoms with Crippen molar-refractivity contribution >= 4 is 116 Å². The molecule has 17 rings (SSSR count). The lowest BCUT2D eigenvalue weighted by molar-refractivity contribution is 0.773. The van der Waals surface area contributed by atoms with E-state index in [0.29, 0.717) is 17.2 Å². The van der Waals surface area contributed by atoms with E-state index in [1.807, 2.05) is 24.3 Å². The molecule has 2 aliphatic carbocycles. The average molecular weight is 1070 g/mol. The van der Waals surface area contributed by atoms with Crippen molar-refractivity contribution in [2.75, 3.05) is 0 Å². The van der Waals surface area contributed by atoms with Crippen molar-refractivity contribution in [3.63, 3.8) is 0 Å². The van der Waals surface area contributed by atoms with Crippen LogP contribution in [-0.4, -0.2) is 24.0 Å². The standard InChI is InChI=1S/C78H52N6/c1-47-17-14-32-74-75(47)63-24-8-13-31-71(63)82(74)55-38-40-73-66(45-55)62-23-7-12-30-70(62)84(73)57-42-53(78(80-49(3)51-35-33-50(46-79)34-36-51)76-48(2)58-25-15-18-52-19-16-26-64(76)77(52)58)41-56(43-57)83-69-29-11-6-22-61(69)65-44-54(37-39-72(65)83)81-67-27-9-4-20-59(67)60-21-5-10-28-68(60)81/h4-16,18-45,47H,3,17H2,1-2H3. The highest BCUT2D eigenvalue weighted by Crippen LogP contribution is 2.47. The minimum Gasteiger partial charge on any atom is -0.310 e. The molecule has 1 atom stereocenters. The lowest BCUT2D eigenvalue weighted by Crippen LogP contribution is -2.09. The fraction of sp³-hybridized carbons (Fsp3) is 0.0513. The van der Waals surface area contributed by atoms with E-state index in [1.54, 1.807) is 0 Å². The molecule has 0 saturated heterocycles. The van der Waals surface area contributed by atoms with Crippen LogP contribution in [-0.2, 0) is 0 Å². The van der Waals surface area contributed by atoms with Gasteiger partial charge in [-0.3, -0.25) is 0 Å². The van der Waals surface area contributed by atoms with Crippen LogP contribution in [0.15, 0.2) is 254 Å². The molecule has 0 saturated carbocycles. The normalized spacial score (nSPS) is 14.2. The third-order valence-electron chi connectivity index (χ3n) is 18.1. The van der Waals surface area contributed by atoms with Crippen LogP contribution in [0, 0.1) is 11.3 Å². The number of nitriles is 1. The van der Waals surface area contributed by atoms with E-state index in [2.05, 4.69) is 269 Å². The summed E-state index contributed by atoms with van der Waals surface area (Å²) >= 11 is 0. The average Bonchev–Trinajstić information content (AvgIpc) is 3.50. The van der Waals surface area contributed by atoms with Gasteiger partial charge in [0.25, 0.3) is 0 Å². The molecule has 11 aromatic carbocycles. The van der Waals surface area contributed by atoms with Crippen LogP contribution >= 0.6 is 0 Å². The van der Waals surface area contributed by atoms with Gasteiger partial charge in [0, 0.05) is 77.3 Å². The molecule has 6 nitrogen and oxygen atoms in total. The highest BCUT2D eigenvalue weighted by Gasteiger charge is 2.29. The van der Waals surface area contributed by atoms with Crippen molar-refractivity contribution in [3.8, 4) is 28.8 Å². The van der Waals surface area contributed by atoms with E-state index >= 15 is 0 Å². The molecule has 0 bridgehead atoms. The zero-order valence-corrected chi connectivity index (χ0v) is 46.3. The molecule has 0 spiro atoms. The number of hydrogen-bond acceptors (Lipinski definition) is 2. The van der Waals surface area contributed by atoms with Crippen molar-refractivity contribution in [3.05, 3.63) is 288 Å². The summed E-state index contributed by atoms with van der Waals surface area (Å²) in [4.78, 5) is 5.72. The van der Waals surface area contributed by atoms with Gasteiger partial charge in [-0.25, -0.2) is 4.99 Å². The van der Waals surface area contributed by atoms with Crippen molar-refractivity contribution in [1.29, 1.82) is 5.26 Å². The van der Waals surface area contributed by atoms with Crippen LogP contribution in [0.4, 0.5) is 0 Å². The lowest BCUT2D eigenvalue weighted by Gasteiger charge is -2.19. The number of hydrogen-bond donors (Lipinski definition) is 0. The molecule has 0 radical (unpaired) electrons. The molecular formula is C78H52N6. The Morgan fingerprint density at radius 2 is 0.940 bits per heavy atom. The van der Waals surface area contributed by atoms with Gasteiger partial charge in [-0.2, -0.15) is 5.26 Å². The van der Waals surface area contributed by atoms with Gasteiger partial charge in [-0.1, -0.05) is 159 Å². The second-order valence-corrected chi connectivity index (χ2v) is 22.7. The van der Waals surface area contributed by atoms with E-state index < -0.39 is 0 Å². The Balaban J connectivity index is 0.949. The smallest absolute Gasteiger partial charge is 0.0991 e. The minimum atomic E-state index is 0.417. The number of aliphatic imine (C=N–C) groups is 1. The van der Waals surface area contributed by atoms with E-state index in [9.17, 15) is 5.26 Å². The Bertz CT molecular complexity index is 5460. The Hall–Kier alpha value is -11.0. The highest BCUT2D eigenvalue weighted by atomic mass is 15.0. The molecule has 4 heterocycles. The highest BCUT2D eigenvalue weighted by molar-refractivity contribution is 6.42. The quantitative estimate of drug-likeness (QED) is 0.140. The first-order valence-electron chi connectivity index (χ1n) is 28.9. The molecule has 15 aromatic rings. The molecule has 2 aliphatic rings. The molecule has 0 amide bonds. The van der Waals surface area contributed by atoms with Gasteiger partial charge in [0.15, 0.2) is 0 Å². The topological polar surface area (TPSA) is 55.9 Å². The van der Waals surface area contributed by atoms with Gasteiger partial charge in [0.1, 0.15) is 0 Å². The van der Waals surface area contributed by atoms with Crippen molar-refractivity contribution < 1.29 is 0 Å². The zero-order chi connectivity index (χ0) is 55.9. The van der Waals surface area contributed by atoms with Gasteiger partial charge in [-0.15, -0.1) is 0 Å². The van der Waals surface area contributed by atoms with Gasteiger partial charge < -0.3 is 18.3 Å². The van der Waals surface area contributed by atoms with Gasteiger partial charge in [0.2, 0.25) is 0 Å². The maximum atomic E-state index is 9.83.